The van der Waals surface area contributed by atoms with Gasteiger partial charge in [-0.05, 0) is 80.2 Å². The van der Waals surface area contributed by atoms with Crippen molar-refractivity contribution in [3.63, 3.8) is 0 Å². The predicted molar refractivity (Wildman–Crippen MR) is 161 cm³/mol. The van der Waals surface area contributed by atoms with Gasteiger partial charge in [0.25, 0.3) is 0 Å². The van der Waals surface area contributed by atoms with Gasteiger partial charge in [-0.25, -0.2) is 4.98 Å². The molecule has 8 rings (SSSR count). The van der Waals surface area contributed by atoms with Gasteiger partial charge in [-0.1, -0.05) is 91.0 Å². The highest BCUT2D eigenvalue weighted by atomic mass is 16.3. The summed E-state index contributed by atoms with van der Waals surface area (Å²) < 4.78 is 6.02. The maximum Gasteiger partial charge on any atom is 0.227 e. The Morgan fingerprint density at radius 2 is 1.03 bits per heavy atom. The first-order chi connectivity index (χ1) is 19.3. The number of hydrogen-bond acceptors (Lipinski definition) is 3. The van der Waals surface area contributed by atoms with Crippen LogP contribution in [0, 0.1) is 0 Å². The van der Waals surface area contributed by atoms with E-state index in [2.05, 4.69) is 107 Å². The van der Waals surface area contributed by atoms with Crippen molar-refractivity contribution in [2.75, 3.05) is 0 Å². The fourth-order valence-corrected chi connectivity index (χ4v) is 5.83. The van der Waals surface area contributed by atoms with E-state index in [4.69, 9.17) is 4.42 Å². The summed E-state index contributed by atoms with van der Waals surface area (Å²) in [6, 6.07) is 44.5. The SMILES string of the molecule is c1ccc2oc(-c3ccc(-c4c5ccccc5c(-c5cccc6ncccc56)c5ccccc45)cc3)nc2c1. The fraction of sp³-hybridized carbons (Fsp3) is 0. The highest BCUT2D eigenvalue weighted by Crippen LogP contribution is 2.45. The molecular weight excluding hydrogens is 476 g/mol. The summed E-state index contributed by atoms with van der Waals surface area (Å²) in [5, 5.41) is 6.06. The Labute approximate surface area is 225 Å². The summed E-state index contributed by atoms with van der Waals surface area (Å²) in [7, 11) is 0. The van der Waals surface area contributed by atoms with Crippen molar-refractivity contribution in [3.05, 3.63) is 134 Å². The molecule has 0 aliphatic rings. The van der Waals surface area contributed by atoms with Crippen molar-refractivity contribution >= 4 is 43.5 Å². The van der Waals surface area contributed by atoms with Crippen LogP contribution in [0.2, 0.25) is 0 Å². The molecule has 8 aromatic rings. The van der Waals surface area contributed by atoms with Crippen molar-refractivity contribution < 1.29 is 4.42 Å². The van der Waals surface area contributed by atoms with Crippen molar-refractivity contribution in [2.24, 2.45) is 0 Å². The molecular formula is C36H22N2O. The smallest absolute Gasteiger partial charge is 0.227 e. The minimum atomic E-state index is 0.636. The van der Waals surface area contributed by atoms with Gasteiger partial charge in [-0.3, -0.25) is 4.98 Å². The first-order valence-corrected chi connectivity index (χ1v) is 13.1. The van der Waals surface area contributed by atoms with Gasteiger partial charge in [0.1, 0.15) is 5.52 Å². The normalized spacial score (nSPS) is 11.6. The molecule has 0 saturated carbocycles. The molecule has 0 radical (unpaired) electrons. The van der Waals surface area contributed by atoms with Crippen LogP contribution in [0.1, 0.15) is 0 Å². The summed E-state index contributed by atoms with van der Waals surface area (Å²) in [5.74, 6) is 0.636. The van der Waals surface area contributed by atoms with E-state index >= 15 is 0 Å². The maximum absolute atomic E-state index is 6.02. The molecule has 182 valence electrons. The fourth-order valence-electron chi connectivity index (χ4n) is 5.83. The van der Waals surface area contributed by atoms with Gasteiger partial charge in [0, 0.05) is 17.1 Å². The highest BCUT2D eigenvalue weighted by molar-refractivity contribution is 6.23. The number of nitrogens with zero attached hydrogens (tertiary/aromatic N) is 2. The van der Waals surface area contributed by atoms with E-state index in [1.165, 1.54) is 38.2 Å². The zero-order valence-corrected chi connectivity index (χ0v) is 21.0. The molecule has 3 nitrogen and oxygen atoms in total. The Kier molecular flexibility index (Phi) is 4.82. The lowest BCUT2D eigenvalue weighted by atomic mass is 9.85. The van der Waals surface area contributed by atoms with Crippen LogP contribution in [0.5, 0.6) is 0 Å². The van der Waals surface area contributed by atoms with Crippen LogP contribution in [0.25, 0.3) is 77.3 Å². The quantitative estimate of drug-likeness (QED) is 0.228. The van der Waals surface area contributed by atoms with Crippen LogP contribution < -0.4 is 0 Å². The molecule has 0 atom stereocenters. The van der Waals surface area contributed by atoms with E-state index in [-0.39, 0.29) is 0 Å². The Hall–Kier alpha value is -5.28. The Morgan fingerprint density at radius 1 is 0.436 bits per heavy atom. The van der Waals surface area contributed by atoms with Crippen molar-refractivity contribution in [1.29, 1.82) is 0 Å². The lowest BCUT2D eigenvalue weighted by Gasteiger charge is -2.18. The second-order valence-electron chi connectivity index (χ2n) is 9.78. The van der Waals surface area contributed by atoms with E-state index in [0.717, 1.165) is 33.1 Å². The molecule has 0 N–H and O–H groups in total. The first-order valence-electron chi connectivity index (χ1n) is 13.1. The monoisotopic (exact) mass is 498 g/mol. The summed E-state index contributed by atoms with van der Waals surface area (Å²) in [6.45, 7) is 0. The highest BCUT2D eigenvalue weighted by Gasteiger charge is 2.18. The summed E-state index contributed by atoms with van der Waals surface area (Å²) in [6.07, 6.45) is 1.86. The standard InChI is InChI=1S/C36H22N2O/c1-3-11-29-27(9-1)34(23-18-20-24(21-19-23)36-38-32-15-5-6-17-33(32)39-36)28-10-2-4-12-30(28)35(29)26-13-7-16-31-25(26)14-8-22-37-31/h1-22H. The van der Waals surface area contributed by atoms with E-state index in [0.29, 0.717) is 5.89 Å². The lowest BCUT2D eigenvalue weighted by Crippen LogP contribution is -1.92. The molecule has 39 heavy (non-hydrogen) atoms. The third-order valence-electron chi connectivity index (χ3n) is 7.56. The molecule has 0 saturated heterocycles. The molecule has 0 fully saturated rings. The Balaban J connectivity index is 1.38. The zero-order chi connectivity index (χ0) is 25.8. The number of hydrogen-bond donors (Lipinski definition) is 0. The third kappa shape index (κ3) is 3.44. The van der Waals surface area contributed by atoms with Crippen molar-refractivity contribution in [3.8, 4) is 33.7 Å². The van der Waals surface area contributed by atoms with E-state index < -0.39 is 0 Å². The third-order valence-corrected chi connectivity index (χ3v) is 7.56. The molecule has 0 bridgehead atoms. The van der Waals surface area contributed by atoms with E-state index in [9.17, 15) is 0 Å². The Morgan fingerprint density at radius 3 is 1.74 bits per heavy atom. The van der Waals surface area contributed by atoms with Crippen molar-refractivity contribution in [1.82, 2.24) is 9.97 Å². The van der Waals surface area contributed by atoms with Crippen LogP contribution in [-0.2, 0) is 0 Å². The summed E-state index contributed by atoms with van der Waals surface area (Å²) in [5.41, 5.74) is 8.46. The number of rotatable bonds is 3. The Bertz CT molecular complexity index is 2080. The molecule has 6 aromatic carbocycles. The number of aromatic nitrogens is 2. The number of benzene rings is 6. The van der Waals surface area contributed by atoms with Gasteiger partial charge < -0.3 is 4.42 Å². The molecule has 0 aliphatic heterocycles. The van der Waals surface area contributed by atoms with Crippen LogP contribution in [0.4, 0.5) is 0 Å². The largest absolute Gasteiger partial charge is 0.436 e. The van der Waals surface area contributed by atoms with Gasteiger partial charge in [-0.2, -0.15) is 0 Å². The van der Waals surface area contributed by atoms with Crippen molar-refractivity contribution in [2.45, 2.75) is 0 Å². The van der Waals surface area contributed by atoms with E-state index in [1.54, 1.807) is 0 Å². The minimum Gasteiger partial charge on any atom is -0.436 e. The molecule has 2 heterocycles. The summed E-state index contributed by atoms with van der Waals surface area (Å²) >= 11 is 0. The second-order valence-corrected chi connectivity index (χ2v) is 9.78. The molecule has 2 aromatic heterocycles. The average molecular weight is 499 g/mol. The summed E-state index contributed by atoms with van der Waals surface area (Å²) in [4.78, 5) is 9.31. The number of para-hydroxylation sites is 2. The number of fused-ring (bicyclic) bond motifs is 4. The van der Waals surface area contributed by atoms with E-state index in [1.807, 2.05) is 36.5 Å². The molecule has 3 heteroatoms. The minimum absolute atomic E-state index is 0.636. The van der Waals surface area contributed by atoms with Gasteiger partial charge in [0.05, 0.1) is 5.52 Å². The van der Waals surface area contributed by atoms with Gasteiger partial charge >= 0.3 is 0 Å². The van der Waals surface area contributed by atoms with Crippen LogP contribution in [-0.4, -0.2) is 9.97 Å². The first kappa shape index (κ1) is 21.8. The van der Waals surface area contributed by atoms with Crippen LogP contribution in [0.15, 0.2) is 138 Å². The average Bonchev–Trinajstić information content (AvgIpc) is 3.44. The van der Waals surface area contributed by atoms with Crippen LogP contribution in [0.3, 0.4) is 0 Å². The van der Waals surface area contributed by atoms with Gasteiger partial charge in [-0.15, -0.1) is 0 Å². The van der Waals surface area contributed by atoms with Gasteiger partial charge in [0.15, 0.2) is 5.58 Å². The number of oxazole rings is 1. The molecule has 0 amide bonds. The molecule has 0 unspecified atom stereocenters. The number of pyridine rings is 1. The predicted octanol–water partition coefficient (Wildman–Crippen LogP) is 9.68. The second kappa shape index (κ2) is 8.64. The zero-order valence-electron chi connectivity index (χ0n) is 21.0. The van der Waals surface area contributed by atoms with Gasteiger partial charge in [0.2, 0.25) is 5.89 Å². The lowest BCUT2D eigenvalue weighted by molar-refractivity contribution is 0.620. The molecule has 0 spiro atoms. The maximum atomic E-state index is 6.02. The van der Waals surface area contributed by atoms with Crippen LogP contribution >= 0.6 is 0 Å². The topological polar surface area (TPSA) is 38.9 Å². The molecule has 0 aliphatic carbocycles.